The summed E-state index contributed by atoms with van der Waals surface area (Å²) >= 11 is 0. The number of aromatic nitrogens is 2. The van der Waals surface area contributed by atoms with Crippen LogP contribution in [-0.4, -0.2) is 34.9 Å². The van der Waals surface area contributed by atoms with Crippen molar-refractivity contribution < 1.29 is 5.11 Å². The quantitative estimate of drug-likeness (QED) is 0.879. The van der Waals surface area contributed by atoms with Gasteiger partial charge in [0.25, 0.3) is 0 Å². The van der Waals surface area contributed by atoms with Gasteiger partial charge in [-0.15, -0.1) is 0 Å². The lowest BCUT2D eigenvalue weighted by Crippen LogP contribution is -2.27. The Morgan fingerprint density at radius 2 is 2.22 bits per heavy atom. The van der Waals surface area contributed by atoms with Gasteiger partial charge in [-0.25, -0.2) is 4.98 Å². The minimum Gasteiger partial charge on any atom is -0.396 e. The van der Waals surface area contributed by atoms with Crippen molar-refractivity contribution >= 4 is 16.7 Å². The number of aryl methyl sites for hydroxylation is 1. The van der Waals surface area contributed by atoms with Gasteiger partial charge in [-0.05, 0) is 30.5 Å². The fourth-order valence-corrected chi connectivity index (χ4v) is 2.17. The van der Waals surface area contributed by atoms with E-state index in [9.17, 15) is 5.11 Å². The SMILES string of the molecule is CCC(CO)CN(C)c1ccc2c(c1)ncn2C. The third-order valence-corrected chi connectivity index (χ3v) is 3.52. The van der Waals surface area contributed by atoms with Crippen LogP contribution in [0.1, 0.15) is 13.3 Å². The number of aliphatic hydroxyl groups is 1. The molecule has 4 nitrogen and oxygen atoms in total. The summed E-state index contributed by atoms with van der Waals surface area (Å²) in [4.78, 5) is 6.55. The number of benzene rings is 1. The van der Waals surface area contributed by atoms with Gasteiger partial charge < -0.3 is 14.6 Å². The zero-order chi connectivity index (χ0) is 13.1. The second-order valence-corrected chi connectivity index (χ2v) is 4.87. The van der Waals surface area contributed by atoms with Crippen LogP contribution in [0.2, 0.25) is 0 Å². The van der Waals surface area contributed by atoms with E-state index in [2.05, 4.69) is 42.1 Å². The average molecular weight is 247 g/mol. The van der Waals surface area contributed by atoms with Crippen LogP contribution in [0.5, 0.6) is 0 Å². The van der Waals surface area contributed by atoms with E-state index in [1.54, 1.807) is 0 Å². The summed E-state index contributed by atoms with van der Waals surface area (Å²) in [5, 5.41) is 9.25. The second-order valence-electron chi connectivity index (χ2n) is 4.87. The largest absolute Gasteiger partial charge is 0.396 e. The highest BCUT2D eigenvalue weighted by atomic mass is 16.3. The number of hydrogen-bond donors (Lipinski definition) is 1. The van der Waals surface area contributed by atoms with Crippen molar-refractivity contribution in [2.45, 2.75) is 13.3 Å². The van der Waals surface area contributed by atoms with Crippen molar-refractivity contribution in [3.8, 4) is 0 Å². The highest BCUT2D eigenvalue weighted by Crippen LogP contribution is 2.21. The Balaban J connectivity index is 2.19. The molecular formula is C14H21N3O. The number of fused-ring (bicyclic) bond motifs is 1. The summed E-state index contributed by atoms with van der Waals surface area (Å²) in [6, 6.07) is 6.29. The lowest BCUT2D eigenvalue weighted by atomic mass is 10.1. The molecule has 2 aromatic rings. The van der Waals surface area contributed by atoms with Crippen molar-refractivity contribution in [1.82, 2.24) is 9.55 Å². The summed E-state index contributed by atoms with van der Waals surface area (Å²) in [5.41, 5.74) is 3.30. The molecule has 0 fully saturated rings. The molecule has 0 bridgehead atoms. The van der Waals surface area contributed by atoms with Gasteiger partial charge in [0.15, 0.2) is 0 Å². The molecule has 0 saturated heterocycles. The molecule has 0 aliphatic heterocycles. The van der Waals surface area contributed by atoms with Gasteiger partial charge in [-0.2, -0.15) is 0 Å². The van der Waals surface area contributed by atoms with Gasteiger partial charge in [-0.1, -0.05) is 6.92 Å². The predicted molar refractivity (Wildman–Crippen MR) is 74.9 cm³/mol. The Morgan fingerprint density at radius 1 is 1.44 bits per heavy atom. The molecule has 1 aromatic carbocycles. The van der Waals surface area contributed by atoms with Crippen LogP contribution in [0.3, 0.4) is 0 Å². The van der Waals surface area contributed by atoms with Crippen LogP contribution < -0.4 is 4.90 Å². The monoisotopic (exact) mass is 247 g/mol. The topological polar surface area (TPSA) is 41.3 Å². The first kappa shape index (κ1) is 12.9. The van der Waals surface area contributed by atoms with Crippen molar-refractivity contribution in [3.05, 3.63) is 24.5 Å². The smallest absolute Gasteiger partial charge is 0.0955 e. The van der Waals surface area contributed by atoms with E-state index in [1.165, 1.54) is 0 Å². The van der Waals surface area contributed by atoms with Gasteiger partial charge in [0.2, 0.25) is 0 Å². The van der Waals surface area contributed by atoms with Gasteiger partial charge >= 0.3 is 0 Å². The summed E-state index contributed by atoms with van der Waals surface area (Å²) in [6.45, 7) is 3.22. The highest BCUT2D eigenvalue weighted by molar-refractivity contribution is 5.79. The summed E-state index contributed by atoms with van der Waals surface area (Å²) in [5.74, 6) is 0.328. The fraction of sp³-hybridized carbons (Fsp3) is 0.500. The van der Waals surface area contributed by atoms with E-state index >= 15 is 0 Å². The number of rotatable bonds is 5. The molecule has 2 rings (SSSR count). The molecule has 1 N–H and O–H groups in total. The first-order valence-electron chi connectivity index (χ1n) is 6.38. The normalized spacial score (nSPS) is 12.9. The number of hydrogen-bond acceptors (Lipinski definition) is 3. The molecule has 1 heterocycles. The molecule has 0 spiro atoms. The zero-order valence-electron chi connectivity index (χ0n) is 11.3. The van der Waals surface area contributed by atoms with E-state index < -0.39 is 0 Å². The van der Waals surface area contributed by atoms with Crippen LogP contribution in [0.4, 0.5) is 5.69 Å². The fourth-order valence-electron chi connectivity index (χ4n) is 2.17. The molecule has 4 heteroatoms. The van der Waals surface area contributed by atoms with Crippen LogP contribution in [0, 0.1) is 5.92 Å². The number of nitrogens with zero attached hydrogens (tertiary/aromatic N) is 3. The lowest BCUT2D eigenvalue weighted by molar-refractivity contribution is 0.225. The maximum Gasteiger partial charge on any atom is 0.0955 e. The van der Waals surface area contributed by atoms with Gasteiger partial charge in [0.1, 0.15) is 0 Å². The minimum atomic E-state index is 0.243. The minimum absolute atomic E-state index is 0.243. The van der Waals surface area contributed by atoms with E-state index in [-0.39, 0.29) is 6.61 Å². The molecule has 18 heavy (non-hydrogen) atoms. The Bertz CT molecular complexity index is 517. The predicted octanol–water partition coefficient (Wildman–Crippen LogP) is 2.03. The standard InChI is InChI=1S/C14H21N3O/c1-4-11(9-18)8-16(2)12-5-6-14-13(7-12)15-10-17(14)3/h5-7,10-11,18H,4,8-9H2,1-3H3. The van der Waals surface area contributed by atoms with Crippen LogP contribution in [-0.2, 0) is 7.05 Å². The van der Waals surface area contributed by atoms with Crippen LogP contribution >= 0.6 is 0 Å². The van der Waals surface area contributed by atoms with Crippen molar-refractivity contribution in [2.24, 2.45) is 13.0 Å². The molecule has 0 aliphatic rings. The van der Waals surface area contributed by atoms with E-state index in [0.29, 0.717) is 5.92 Å². The highest BCUT2D eigenvalue weighted by Gasteiger charge is 2.10. The lowest BCUT2D eigenvalue weighted by Gasteiger charge is -2.23. The maximum absolute atomic E-state index is 9.25. The zero-order valence-corrected chi connectivity index (χ0v) is 11.3. The number of imidazole rings is 1. The molecule has 0 saturated carbocycles. The molecule has 0 radical (unpaired) electrons. The van der Waals surface area contributed by atoms with Crippen molar-refractivity contribution in [3.63, 3.8) is 0 Å². The van der Waals surface area contributed by atoms with Gasteiger partial charge in [0.05, 0.1) is 17.4 Å². The van der Waals surface area contributed by atoms with Crippen molar-refractivity contribution in [2.75, 3.05) is 25.1 Å². The van der Waals surface area contributed by atoms with E-state index in [0.717, 1.165) is 29.7 Å². The third kappa shape index (κ3) is 2.48. The molecule has 1 aromatic heterocycles. The molecule has 0 aliphatic carbocycles. The summed E-state index contributed by atoms with van der Waals surface area (Å²) < 4.78 is 2.02. The molecule has 1 unspecified atom stereocenters. The van der Waals surface area contributed by atoms with Crippen LogP contribution in [0.15, 0.2) is 24.5 Å². The Morgan fingerprint density at radius 3 is 2.89 bits per heavy atom. The Hall–Kier alpha value is -1.55. The number of aliphatic hydroxyl groups excluding tert-OH is 1. The molecule has 98 valence electrons. The maximum atomic E-state index is 9.25. The van der Waals surface area contributed by atoms with Gasteiger partial charge in [-0.3, -0.25) is 0 Å². The third-order valence-electron chi connectivity index (χ3n) is 3.52. The molecular weight excluding hydrogens is 226 g/mol. The van der Waals surface area contributed by atoms with Gasteiger partial charge in [0, 0.05) is 32.9 Å². The first-order valence-corrected chi connectivity index (χ1v) is 6.38. The average Bonchev–Trinajstić information content (AvgIpc) is 2.77. The van der Waals surface area contributed by atoms with Crippen molar-refractivity contribution in [1.29, 1.82) is 0 Å². The Labute approximate surface area is 108 Å². The summed E-state index contributed by atoms with van der Waals surface area (Å²) in [7, 11) is 4.06. The van der Waals surface area contributed by atoms with Crippen LogP contribution in [0.25, 0.3) is 11.0 Å². The molecule has 1 atom stereocenters. The second kappa shape index (κ2) is 5.40. The van der Waals surface area contributed by atoms with E-state index in [1.807, 2.05) is 17.9 Å². The van der Waals surface area contributed by atoms with E-state index in [4.69, 9.17) is 0 Å². The summed E-state index contributed by atoms with van der Waals surface area (Å²) in [6.07, 6.45) is 2.82. The Kier molecular flexibility index (Phi) is 3.87. The molecule has 0 amide bonds. The number of anilines is 1. The first-order chi connectivity index (χ1) is 8.65.